The molecule has 1 aromatic rings. The molecule has 5 heteroatoms. The quantitative estimate of drug-likeness (QED) is 0.793. The van der Waals surface area contributed by atoms with E-state index < -0.39 is 0 Å². The third-order valence-electron chi connectivity index (χ3n) is 3.45. The van der Waals surface area contributed by atoms with Gasteiger partial charge in [0.05, 0.1) is 5.92 Å². The number of benzene rings is 1. The lowest BCUT2D eigenvalue weighted by atomic mass is 9.99. The van der Waals surface area contributed by atoms with E-state index in [9.17, 15) is 4.79 Å². The predicted molar refractivity (Wildman–Crippen MR) is 86.8 cm³/mol. The van der Waals surface area contributed by atoms with E-state index >= 15 is 0 Å². The Bertz CT molecular complexity index is 459. The van der Waals surface area contributed by atoms with Crippen LogP contribution in [0.15, 0.2) is 36.9 Å². The lowest BCUT2D eigenvalue weighted by Crippen LogP contribution is -2.40. The molecule has 1 fully saturated rings. The number of nitrogens with one attached hydrogen (secondary N) is 2. The summed E-state index contributed by atoms with van der Waals surface area (Å²) in [7, 11) is 0. The highest BCUT2D eigenvalue weighted by atomic mass is 35.5. The Labute approximate surface area is 132 Å². The summed E-state index contributed by atoms with van der Waals surface area (Å²) < 4.78 is 5.58. The van der Waals surface area contributed by atoms with E-state index in [4.69, 9.17) is 4.74 Å². The Kier molecular flexibility index (Phi) is 7.87. The number of ether oxygens (including phenoxy) is 1. The number of hydrogen-bond donors (Lipinski definition) is 2. The Morgan fingerprint density at radius 1 is 1.48 bits per heavy atom. The van der Waals surface area contributed by atoms with Gasteiger partial charge < -0.3 is 15.4 Å². The van der Waals surface area contributed by atoms with Gasteiger partial charge in [0.1, 0.15) is 12.4 Å². The van der Waals surface area contributed by atoms with Crippen LogP contribution in [0.5, 0.6) is 5.75 Å². The molecule has 0 radical (unpaired) electrons. The Morgan fingerprint density at radius 2 is 2.29 bits per heavy atom. The summed E-state index contributed by atoms with van der Waals surface area (Å²) in [5.41, 5.74) is 0.992. The normalized spacial score (nSPS) is 17.4. The van der Waals surface area contributed by atoms with Crippen molar-refractivity contribution >= 4 is 18.3 Å². The maximum Gasteiger partial charge on any atom is 0.224 e. The summed E-state index contributed by atoms with van der Waals surface area (Å²) in [6.45, 7) is 6.41. The van der Waals surface area contributed by atoms with E-state index in [-0.39, 0.29) is 24.2 Å². The SMILES string of the molecule is C=CCOc1ccccc1CNC(=O)C1CCCNC1.Cl. The predicted octanol–water partition coefficient (Wildman–Crippen LogP) is 2.29. The van der Waals surface area contributed by atoms with Crippen LogP contribution in [0, 0.1) is 5.92 Å². The number of carbonyl (C=O) groups is 1. The molecule has 21 heavy (non-hydrogen) atoms. The number of hydrogen-bond acceptors (Lipinski definition) is 3. The third-order valence-corrected chi connectivity index (χ3v) is 3.45. The molecule has 1 heterocycles. The monoisotopic (exact) mass is 310 g/mol. The van der Waals surface area contributed by atoms with Crippen molar-refractivity contribution in [2.75, 3.05) is 19.7 Å². The van der Waals surface area contributed by atoms with Crippen molar-refractivity contribution in [2.45, 2.75) is 19.4 Å². The first-order valence-corrected chi connectivity index (χ1v) is 7.11. The largest absolute Gasteiger partial charge is 0.489 e. The van der Waals surface area contributed by atoms with E-state index in [0.717, 1.165) is 37.2 Å². The molecule has 0 spiro atoms. The van der Waals surface area contributed by atoms with Crippen molar-refractivity contribution in [3.05, 3.63) is 42.5 Å². The number of para-hydroxylation sites is 1. The number of carbonyl (C=O) groups excluding carboxylic acids is 1. The molecule has 1 amide bonds. The standard InChI is InChI=1S/C16H22N2O2.ClH/c1-2-10-20-15-8-4-3-6-13(15)12-18-16(19)14-7-5-9-17-11-14;/h2-4,6,8,14,17H,1,5,7,9-12H2,(H,18,19);1H. The minimum absolute atomic E-state index is 0. The zero-order valence-corrected chi connectivity index (χ0v) is 13.0. The summed E-state index contributed by atoms with van der Waals surface area (Å²) in [5.74, 6) is 1.01. The topological polar surface area (TPSA) is 50.4 Å². The Hall–Kier alpha value is -1.52. The average Bonchev–Trinajstić information content (AvgIpc) is 2.52. The molecule has 0 aromatic heterocycles. The van der Waals surface area contributed by atoms with Crippen LogP contribution in [0.2, 0.25) is 0 Å². The van der Waals surface area contributed by atoms with Crippen LogP contribution >= 0.6 is 12.4 Å². The maximum absolute atomic E-state index is 12.1. The second kappa shape index (κ2) is 9.42. The van der Waals surface area contributed by atoms with E-state index in [2.05, 4.69) is 17.2 Å². The molecule has 0 saturated carbocycles. The second-order valence-electron chi connectivity index (χ2n) is 4.97. The molecular weight excluding hydrogens is 288 g/mol. The second-order valence-corrected chi connectivity index (χ2v) is 4.97. The van der Waals surface area contributed by atoms with Gasteiger partial charge in [0.2, 0.25) is 5.91 Å². The molecule has 1 aromatic carbocycles. The van der Waals surface area contributed by atoms with Gasteiger partial charge in [-0.25, -0.2) is 0 Å². The Balaban J connectivity index is 0.00000220. The molecule has 2 rings (SSSR count). The first kappa shape index (κ1) is 17.5. The van der Waals surface area contributed by atoms with Crippen LogP contribution in [0.3, 0.4) is 0 Å². The van der Waals surface area contributed by atoms with Gasteiger partial charge in [0, 0.05) is 18.7 Å². The first-order chi connectivity index (χ1) is 9.81. The highest BCUT2D eigenvalue weighted by Crippen LogP contribution is 2.18. The summed E-state index contributed by atoms with van der Waals surface area (Å²) >= 11 is 0. The molecule has 2 N–H and O–H groups in total. The highest BCUT2D eigenvalue weighted by molar-refractivity contribution is 5.85. The number of rotatable bonds is 6. The minimum atomic E-state index is 0. The third kappa shape index (κ3) is 5.40. The van der Waals surface area contributed by atoms with Gasteiger partial charge in [0.15, 0.2) is 0 Å². The zero-order chi connectivity index (χ0) is 14.2. The van der Waals surface area contributed by atoms with E-state index in [1.165, 1.54) is 0 Å². The van der Waals surface area contributed by atoms with Gasteiger partial charge >= 0.3 is 0 Å². The van der Waals surface area contributed by atoms with Crippen molar-refractivity contribution in [1.29, 1.82) is 0 Å². The summed E-state index contributed by atoms with van der Waals surface area (Å²) in [4.78, 5) is 12.1. The van der Waals surface area contributed by atoms with Crippen LogP contribution in [-0.4, -0.2) is 25.6 Å². The molecule has 1 aliphatic heterocycles. The van der Waals surface area contributed by atoms with Crippen LogP contribution in [0.25, 0.3) is 0 Å². The van der Waals surface area contributed by atoms with E-state index in [1.54, 1.807) is 6.08 Å². The molecule has 1 atom stereocenters. The van der Waals surface area contributed by atoms with Crippen molar-refractivity contribution in [3.8, 4) is 5.75 Å². The molecule has 4 nitrogen and oxygen atoms in total. The number of piperidine rings is 1. The van der Waals surface area contributed by atoms with Gasteiger partial charge in [-0.3, -0.25) is 4.79 Å². The van der Waals surface area contributed by atoms with Gasteiger partial charge in [-0.05, 0) is 25.5 Å². The fourth-order valence-corrected chi connectivity index (χ4v) is 2.34. The van der Waals surface area contributed by atoms with Crippen LogP contribution in [-0.2, 0) is 11.3 Å². The number of amides is 1. The molecule has 1 saturated heterocycles. The van der Waals surface area contributed by atoms with Crippen molar-refractivity contribution in [1.82, 2.24) is 10.6 Å². The lowest BCUT2D eigenvalue weighted by Gasteiger charge is -2.22. The molecule has 1 aliphatic rings. The summed E-state index contributed by atoms with van der Waals surface area (Å²) in [6.07, 6.45) is 3.74. The van der Waals surface area contributed by atoms with Gasteiger partial charge in [-0.1, -0.05) is 30.9 Å². The molecule has 116 valence electrons. The molecule has 0 bridgehead atoms. The molecular formula is C16H23ClN2O2. The number of halogens is 1. The maximum atomic E-state index is 12.1. The van der Waals surface area contributed by atoms with Crippen LogP contribution in [0.1, 0.15) is 18.4 Å². The van der Waals surface area contributed by atoms with Crippen molar-refractivity contribution < 1.29 is 9.53 Å². The van der Waals surface area contributed by atoms with Crippen molar-refractivity contribution in [2.24, 2.45) is 5.92 Å². The summed E-state index contributed by atoms with van der Waals surface area (Å²) in [5, 5.41) is 6.26. The average molecular weight is 311 g/mol. The first-order valence-electron chi connectivity index (χ1n) is 7.11. The minimum Gasteiger partial charge on any atom is -0.489 e. The molecule has 0 aliphatic carbocycles. The molecule has 1 unspecified atom stereocenters. The van der Waals surface area contributed by atoms with Crippen LogP contribution in [0.4, 0.5) is 0 Å². The van der Waals surface area contributed by atoms with Gasteiger partial charge in [-0.2, -0.15) is 0 Å². The zero-order valence-electron chi connectivity index (χ0n) is 12.1. The van der Waals surface area contributed by atoms with Crippen LogP contribution < -0.4 is 15.4 Å². The highest BCUT2D eigenvalue weighted by Gasteiger charge is 2.20. The fraction of sp³-hybridized carbons (Fsp3) is 0.438. The smallest absolute Gasteiger partial charge is 0.224 e. The summed E-state index contributed by atoms with van der Waals surface area (Å²) in [6, 6.07) is 7.75. The van der Waals surface area contributed by atoms with E-state index in [1.807, 2.05) is 24.3 Å². The fourth-order valence-electron chi connectivity index (χ4n) is 2.34. The Morgan fingerprint density at radius 3 is 3.00 bits per heavy atom. The lowest BCUT2D eigenvalue weighted by molar-refractivity contribution is -0.125. The van der Waals surface area contributed by atoms with Gasteiger partial charge in [-0.15, -0.1) is 12.4 Å². The van der Waals surface area contributed by atoms with E-state index in [0.29, 0.717) is 13.2 Å². The van der Waals surface area contributed by atoms with Crippen molar-refractivity contribution in [3.63, 3.8) is 0 Å². The van der Waals surface area contributed by atoms with Gasteiger partial charge in [0.25, 0.3) is 0 Å².